The van der Waals surface area contributed by atoms with E-state index in [9.17, 15) is 14.7 Å². The number of carboxylic acid groups (broad SMARTS) is 1. The van der Waals surface area contributed by atoms with Crippen molar-refractivity contribution in [2.24, 2.45) is 5.92 Å². The Labute approximate surface area is 180 Å². The first-order valence-electron chi connectivity index (χ1n) is 9.88. The number of carbonyl (C=O) groups is 2. The van der Waals surface area contributed by atoms with Crippen LogP contribution >= 0.6 is 24.4 Å². The van der Waals surface area contributed by atoms with E-state index in [2.05, 4.69) is 34.4 Å². The molecule has 2 aliphatic rings. The first-order chi connectivity index (χ1) is 14.1. The van der Waals surface area contributed by atoms with Gasteiger partial charge in [0.25, 0.3) is 0 Å². The molecule has 160 valence electrons. The predicted octanol–water partition coefficient (Wildman–Crippen LogP) is 0.786. The molecule has 1 aromatic carbocycles. The summed E-state index contributed by atoms with van der Waals surface area (Å²) < 4.78 is 0. The molecule has 2 fully saturated rings. The molecule has 29 heavy (non-hydrogen) atoms. The molecule has 2 aliphatic heterocycles. The summed E-state index contributed by atoms with van der Waals surface area (Å²) in [6.45, 7) is 1.49. The highest BCUT2D eigenvalue weighted by molar-refractivity contribution is 8.00. The number of hydrogen-bond donors (Lipinski definition) is 6. The SMILES string of the molecule is O=C(N[C@H](C(=O)O)C1CCC(CN2CNNN2)S1)[C@@H](CS)CCc1ccccc1. The van der Waals surface area contributed by atoms with Crippen molar-refractivity contribution in [1.29, 1.82) is 0 Å². The van der Waals surface area contributed by atoms with Crippen molar-refractivity contribution in [1.82, 2.24) is 26.8 Å². The van der Waals surface area contributed by atoms with Gasteiger partial charge in [0.2, 0.25) is 5.91 Å². The van der Waals surface area contributed by atoms with Crippen LogP contribution in [0.25, 0.3) is 0 Å². The van der Waals surface area contributed by atoms with Crippen LogP contribution < -0.4 is 21.8 Å². The second-order valence-corrected chi connectivity index (χ2v) is 9.31. The summed E-state index contributed by atoms with van der Waals surface area (Å²) in [5.41, 5.74) is 9.95. The fourth-order valence-electron chi connectivity index (χ4n) is 3.64. The summed E-state index contributed by atoms with van der Waals surface area (Å²) >= 11 is 5.98. The molecule has 0 radical (unpaired) electrons. The minimum Gasteiger partial charge on any atom is -0.480 e. The summed E-state index contributed by atoms with van der Waals surface area (Å²) in [6, 6.07) is 9.10. The van der Waals surface area contributed by atoms with E-state index in [0.29, 0.717) is 24.1 Å². The lowest BCUT2D eigenvalue weighted by atomic mass is 9.99. The molecule has 3 rings (SSSR count). The van der Waals surface area contributed by atoms with Crippen molar-refractivity contribution in [2.45, 2.75) is 42.2 Å². The molecule has 4 atom stereocenters. The molecule has 2 heterocycles. The number of nitrogens with one attached hydrogen (secondary N) is 4. The van der Waals surface area contributed by atoms with Gasteiger partial charge in [0.15, 0.2) is 0 Å². The van der Waals surface area contributed by atoms with Crippen LogP contribution in [-0.4, -0.2) is 57.5 Å². The van der Waals surface area contributed by atoms with Gasteiger partial charge in [-0.1, -0.05) is 30.3 Å². The standard InChI is InChI=1S/C19H29N5O3S2/c25-18(14(11-28)7-6-13-4-2-1-3-5-13)21-17(19(26)27)16-9-8-15(29-16)10-24-12-20-22-23-24/h1-5,14-17,20,22-23,28H,6-12H2,(H,21,25)(H,26,27)/t14-,15?,16?,17+/m1/s1. The van der Waals surface area contributed by atoms with Gasteiger partial charge in [0.1, 0.15) is 6.04 Å². The van der Waals surface area contributed by atoms with Gasteiger partial charge in [-0.25, -0.2) is 15.2 Å². The summed E-state index contributed by atoms with van der Waals surface area (Å²) in [4.78, 5) is 24.6. The fraction of sp³-hybridized carbons (Fsp3) is 0.579. The molecule has 8 nitrogen and oxygen atoms in total. The Balaban J connectivity index is 1.51. The molecule has 0 saturated carbocycles. The largest absolute Gasteiger partial charge is 0.480 e. The lowest BCUT2D eigenvalue weighted by Gasteiger charge is -2.24. The van der Waals surface area contributed by atoms with Crippen LogP contribution in [0.15, 0.2) is 30.3 Å². The molecule has 0 aliphatic carbocycles. The zero-order valence-electron chi connectivity index (χ0n) is 16.2. The quantitative estimate of drug-likeness (QED) is 0.297. The van der Waals surface area contributed by atoms with Gasteiger partial charge in [-0.05, 0) is 31.2 Å². The number of aryl methyl sites for hydroxylation is 1. The van der Waals surface area contributed by atoms with E-state index in [0.717, 1.165) is 31.4 Å². The number of aliphatic carboxylic acids is 1. The normalized spacial score (nSPS) is 24.3. The van der Waals surface area contributed by atoms with E-state index in [-0.39, 0.29) is 17.1 Å². The van der Waals surface area contributed by atoms with Gasteiger partial charge in [-0.15, -0.1) is 0 Å². The molecular formula is C19H29N5O3S2. The lowest BCUT2D eigenvalue weighted by Crippen LogP contribution is -2.49. The van der Waals surface area contributed by atoms with Crippen molar-refractivity contribution >= 4 is 36.3 Å². The van der Waals surface area contributed by atoms with E-state index in [1.807, 2.05) is 35.3 Å². The van der Waals surface area contributed by atoms with Crippen LogP contribution in [0.5, 0.6) is 0 Å². The van der Waals surface area contributed by atoms with Crippen LogP contribution in [-0.2, 0) is 16.0 Å². The number of rotatable bonds is 10. The second kappa shape index (κ2) is 11.2. The number of nitrogens with zero attached hydrogens (tertiary/aromatic N) is 1. The number of amides is 1. The van der Waals surface area contributed by atoms with Gasteiger partial charge >= 0.3 is 5.97 Å². The highest BCUT2D eigenvalue weighted by Crippen LogP contribution is 2.36. The first-order valence-corrected chi connectivity index (χ1v) is 11.5. The molecule has 2 unspecified atom stereocenters. The molecule has 1 amide bonds. The number of thiol groups is 1. The Morgan fingerprint density at radius 2 is 2.10 bits per heavy atom. The molecule has 0 bridgehead atoms. The number of carboxylic acids is 1. The average Bonchev–Trinajstić information content (AvgIpc) is 3.40. The van der Waals surface area contributed by atoms with Crippen LogP contribution in [0.2, 0.25) is 0 Å². The minimum atomic E-state index is -0.972. The van der Waals surface area contributed by atoms with Gasteiger partial charge in [-0.3, -0.25) is 4.79 Å². The lowest BCUT2D eigenvalue weighted by molar-refractivity contribution is -0.142. The highest BCUT2D eigenvalue weighted by Gasteiger charge is 2.38. The topological polar surface area (TPSA) is 106 Å². The van der Waals surface area contributed by atoms with Crippen molar-refractivity contribution in [3.05, 3.63) is 35.9 Å². The van der Waals surface area contributed by atoms with E-state index in [1.54, 1.807) is 11.8 Å². The summed E-state index contributed by atoms with van der Waals surface area (Å²) in [5, 5.41) is 14.7. The fourth-order valence-corrected chi connectivity index (χ4v) is 5.63. The molecule has 10 heteroatoms. The maximum absolute atomic E-state index is 12.8. The van der Waals surface area contributed by atoms with E-state index in [1.165, 1.54) is 0 Å². The molecular weight excluding hydrogens is 410 g/mol. The van der Waals surface area contributed by atoms with Gasteiger partial charge in [0.05, 0.1) is 6.67 Å². The third-order valence-electron chi connectivity index (χ3n) is 5.29. The number of hydrazine groups is 3. The Morgan fingerprint density at radius 1 is 1.31 bits per heavy atom. The Bertz CT molecular complexity index is 675. The van der Waals surface area contributed by atoms with Gasteiger partial charge in [0, 0.05) is 28.7 Å². The van der Waals surface area contributed by atoms with E-state index >= 15 is 0 Å². The highest BCUT2D eigenvalue weighted by atomic mass is 32.2. The van der Waals surface area contributed by atoms with Crippen LogP contribution in [0.3, 0.4) is 0 Å². The van der Waals surface area contributed by atoms with Crippen molar-refractivity contribution in [3.63, 3.8) is 0 Å². The Morgan fingerprint density at radius 3 is 2.76 bits per heavy atom. The molecule has 0 aromatic heterocycles. The van der Waals surface area contributed by atoms with Gasteiger partial charge < -0.3 is 10.4 Å². The summed E-state index contributed by atoms with van der Waals surface area (Å²) in [6.07, 6.45) is 3.11. The average molecular weight is 440 g/mol. The monoisotopic (exact) mass is 439 g/mol. The number of benzene rings is 1. The first kappa shape index (κ1) is 22.4. The molecule has 0 spiro atoms. The van der Waals surface area contributed by atoms with Crippen molar-refractivity contribution < 1.29 is 14.7 Å². The zero-order valence-corrected chi connectivity index (χ0v) is 17.9. The molecule has 2 saturated heterocycles. The molecule has 1 aromatic rings. The van der Waals surface area contributed by atoms with Crippen LogP contribution in [0.1, 0.15) is 24.8 Å². The number of hydrogen-bond acceptors (Lipinski definition) is 8. The smallest absolute Gasteiger partial charge is 0.327 e. The van der Waals surface area contributed by atoms with Crippen LogP contribution in [0, 0.1) is 5.92 Å². The molecule has 5 N–H and O–H groups in total. The zero-order chi connectivity index (χ0) is 20.6. The third kappa shape index (κ3) is 6.59. The Hall–Kier alpha value is -1.30. The van der Waals surface area contributed by atoms with Crippen molar-refractivity contribution in [2.75, 3.05) is 19.0 Å². The minimum absolute atomic E-state index is 0.125. The van der Waals surface area contributed by atoms with Crippen molar-refractivity contribution in [3.8, 4) is 0 Å². The number of carbonyl (C=O) groups excluding carboxylic acids is 1. The predicted molar refractivity (Wildman–Crippen MR) is 117 cm³/mol. The third-order valence-corrected chi connectivity index (χ3v) is 7.36. The maximum Gasteiger partial charge on any atom is 0.327 e. The summed E-state index contributed by atoms with van der Waals surface area (Å²) in [7, 11) is 0. The van der Waals surface area contributed by atoms with E-state index < -0.39 is 12.0 Å². The number of thioether (sulfide) groups is 1. The summed E-state index contributed by atoms with van der Waals surface area (Å²) in [5.74, 6) is -1.11. The maximum atomic E-state index is 12.8. The van der Waals surface area contributed by atoms with Crippen LogP contribution in [0.4, 0.5) is 0 Å². The second-order valence-electron chi connectivity index (χ2n) is 7.40. The van der Waals surface area contributed by atoms with E-state index in [4.69, 9.17) is 0 Å². The Kier molecular flexibility index (Phi) is 8.64. The van der Waals surface area contributed by atoms with Gasteiger partial charge in [-0.2, -0.15) is 35.5 Å².